The van der Waals surface area contributed by atoms with Crippen molar-refractivity contribution in [2.45, 2.75) is 13.8 Å². The van der Waals surface area contributed by atoms with Crippen LogP contribution in [0, 0.1) is 6.92 Å². The topological polar surface area (TPSA) is 49.4 Å². The molecule has 3 rings (SSSR count). The molecule has 1 aliphatic heterocycles. The molecule has 116 valence electrons. The van der Waals surface area contributed by atoms with Crippen molar-refractivity contribution in [3.8, 4) is 0 Å². The molecule has 2 aromatic rings. The Kier molecular flexibility index (Phi) is 3.92. The lowest BCUT2D eigenvalue weighted by Crippen LogP contribution is -2.30. The molecular weight excluding hydrogens is 332 g/mol. The smallest absolute Gasteiger partial charge is 0.266 e. The van der Waals surface area contributed by atoms with E-state index in [9.17, 15) is 9.59 Å². The van der Waals surface area contributed by atoms with Crippen LogP contribution in [0.5, 0.6) is 0 Å². The van der Waals surface area contributed by atoms with Gasteiger partial charge in [-0.2, -0.15) is 0 Å². The van der Waals surface area contributed by atoms with Crippen LogP contribution in [0.3, 0.4) is 0 Å². The van der Waals surface area contributed by atoms with E-state index in [2.05, 4.69) is 5.32 Å². The van der Waals surface area contributed by atoms with Gasteiger partial charge in [0.15, 0.2) is 0 Å². The number of fused-ring (bicyclic) bond motifs is 1. The number of hydrogen-bond donors (Lipinski definition) is 1. The number of nitrogens with zero attached hydrogens (tertiary/aromatic N) is 1. The number of rotatable bonds is 2. The van der Waals surface area contributed by atoms with Crippen molar-refractivity contribution in [2.24, 2.45) is 0 Å². The van der Waals surface area contributed by atoms with Gasteiger partial charge in [-0.1, -0.05) is 23.8 Å². The van der Waals surface area contributed by atoms with Crippen molar-refractivity contribution in [2.75, 3.05) is 10.2 Å². The molecule has 0 unspecified atom stereocenters. The molecule has 1 heterocycles. The summed E-state index contributed by atoms with van der Waals surface area (Å²) in [5.74, 6) is -0.696. The second kappa shape index (κ2) is 5.76. The maximum Gasteiger partial charge on any atom is 0.266 e. The fraction of sp³-hybridized carbons (Fsp3) is 0.118. The van der Waals surface area contributed by atoms with E-state index in [0.29, 0.717) is 26.8 Å². The Morgan fingerprint density at radius 2 is 1.78 bits per heavy atom. The molecule has 23 heavy (non-hydrogen) atoms. The first kappa shape index (κ1) is 15.6. The lowest BCUT2D eigenvalue weighted by Gasteiger charge is -2.17. The van der Waals surface area contributed by atoms with Crippen LogP contribution in [0.15, 0.2) is 36.4 Å². The van der Waals surface area contributed by atoms with Gasteiger partial charge in [-0.05, 0) is 55.8 Å². The number of carbonyl (C=O) groups excluding carboxylic acids is 2. The van der Waals surface area contributed by atoms with Crippen LogP contribution < -0.4 is 10.2 Å². The van der Waals surface area contributed by atoms with Crippen LogP contribution in [0.25, 0.3) is 0 Å². The molecule has 0 bridgehead atoms. The lowest BCUT2D eigenvalue weighted by atomic mass is 10.1. The third kappa shape index (κ3) is 2.73. The van der Waals surface area contributed by atoms with Crippen molar-refractivity contribution in [1.29, 1.82) is 0 Å². The van der Waals surface area contributed by atoms with Gasteiger partial charge < -0.3 is 5.32 Å². The number of thiocarbonyl (C=S) groups is 1. The highest BCUT2D eigenvalue weighted by atomic mass is 35.5. The van der Waals surface area contributed by atoms with Crippen molar-refractivity contribution in [3.63, 3.8) is 0 Å². The molecule has 0 fully saturated rings. The second-order valence-electron chi connectivity index (χ2n) is 5.32. The summed E-state index contributed by atoms with van der Waals surface area (Å²) in [5, 5.41) is 3.47. The van der Waals surface area contributed by atoms with Crippen LogP contribution in [0.2, 0.25) is 5.02 Å². The Balaban J connectivity index is 2.02. The van der Waals surface area contributed by atoms with Gasteiger partial charge in [-0.3, -0.25) is 9.59 Å². The number of anilines is 2. The molecule has 0 atom stereocenters. The molecular formula is C17H13ClN2O2S. The van der Waals surface area contributed by atoms with Crippen LogP contribution in [0.4, 0.5) is 11.4 Å². The zero-order valence-corrected chi connectivity index (χ0v) is 14.1. The number of amides is 2. The monoisotopic (exact) mass is 344 g/mol. The number of nitrogens with one attached hydrogen (secondary N) is 1. The molecule has 0 aromatic heterocycles. The van der Waals surface area contributed by atoms with Crippen LogP contribution in [-0.4, -0.2) is 16.8 Å². The molecule has 0 aliphatic carbocycles. The van der Waals surface area contributed by atoms with E-state index in [-0.39, 0.29) is 11.8 Å². The first-order valence-corrected chi connectivity index (χ1v) is 7.73. The third-order valence-electron chi connectivity index (χ3n) is 3.61. The van der Waals surface area contributed by atoms with Gasteiger partial charge in [-0.15, -0.1) is 0 Å². The predicted octanol–water partition coefficient (Wildman–Crippen LogP) is 4.21. The standard InChI is InChI=1S/C17H13ClN2O2S/c1-9-7-12(19-10(2)23)4-6-15(9)20-16(21)13-5-3-11(18)8-14(13)17(20)22/h3-8H,1-2H3,(H,19,23). The molecule has 0 spiro atoms. The minimum Gasteiger partial charge on any atom is -0.350 e. The van der Waals surface area contributed by atoms with Gasteiger partial charge in [0.2, 0.25) is 0 Å². The Bertz CT molecular complexity index is 864. The minimum atomic E-state index is -0.359. The second-order valence-corrected chi connectivity index (χ2v) is 6.37. The SMILES string of the molecule is CC(=S)Nc1ccc(N2C(=O)c3ccc(Cl)cc3C2=O)c(C)c1. The summed E-state index contributed by atoms with van der Waals surface area (Å²) in [6.45, 7) is 3.63. The van der Waals surface area contributed by atoms with E-state index in [4.69, 9.17) is 23.8 Å². The zero-order valence-electron chi connectivity index (χ0n) is 12.5. The predicted molar refractivity (Wildman–Crippen MR) is 95.7 cm³/mol. The van der Waals surface area contributed by atoms with E-state index in [1.807, 2.05) is 13.0 Å². The van der Waals surface area contributed by atoms with E-state index in [1.165, 1.54) is 11.0 Å². The summed E-state index contributed by atoms with van der Waals surface area (Å²) >= 11 is 10.9. The van der Waals surface area contributed by atoms with Gasteiger partial charge in [0.1, 0.15) is 0 Å². The summed E-state index contributed by atoms with van der Waals surface area (Å²) < 4.78 is 0. The van der Waals surface area contributed by atoms with Gasteiger partial charge in [-0.25, -0.2) is 4.90 Å². The molecule has 1 N–H and O–H groups in total. The fourth-order valence-corrected chi connectivity index (χ4v) is 2.91. The number of benzene rings is 2. The van der Waals surface area contributed by atoms with Gasteiger partial charge in [0.05, 0.1) is 21.8 Å². The molecule has 6 heteroatoms. The normalized spacial score (nSPS) is 13.3. The van der Waals surface area contributed by atoms with Crippen molar-refractivity contribution >= 4 is 52.0 Å². The molecule has 4 nitrogen and oxygen atoms in total. The van der Waals surface area contributed by atoms with Crippen molar-refractivity contribution < 1.29 is 9.59 Å². The van der Waals surface area contributed by atoms with Crippen molar-refractivity contribution in [1.82, 2.24) is 0 Å². The van der Waals surface area contributed by atoms with Crippen LogP contribution in [0.1, 0.15) is 33.2 Å². The molecule has 0 saturated carbocycles. The van der Waals surface area contributed by atoms with E-state index >= 15 is 0 Å². The minimum absolute atomic E-state index is 0.332. The highest BCUT2D eigenvalue weighted by Gasteiger charge is 2.37. The Labute approximate surface area is 144 Å². The number of carbonyl (C=O) groups is 2. The Hall–Kier alpha value is -2.24. The number of imide groups is 1. The summed E-state index contributed by atoms with van der Waals surface area (Å²) in [5.41, 5.74) is 2.87. The zero-order chi connectivity index (χ0) is 16.7. The number of aryl methyl sites for hydroxylation is 1. The van der Waals surface area contributed by atoms with E-state index in [1.54, 1.807) is 31.2 Å². The first-order chi connectivity index (χ1) is 10.9. The fourth-order valence-electron chi connectivity index (χ4n) is 2.62. The molecule has 0 saturated heterocycles. The highest BCUT2D eigenvalue weighted by Crippen LogP contribution is 2.33. The van der Waals surface area contributed by atoms with E-state index in [0.717, 1.165) is 11.3 Å². The highest BCUT2D eigenvalue weighted by molar-refractivity contribution is 7.80. The maximum absolute atomic E-state index is 12.6. The number of halogens is 1. The van der Waals surface area contributed by atoms with Gasteiger partial charge >= 0.3 is 0 Å². The Morgan fingerprint density at radius 1 is 1.09 bits per heavy atom. The first-order valence-electron chi connectivity index (χ1n) is 6.95. The van der Waals surface area contributed by atoms with Crippen LogP contribution >= 0.6 is 23.8 Å². The summed E-state index contributed by atoms with van der Waals surface area (Å²) in [7, 11) is 0. The van der Waals surface area contributed by atoms with Crippen LogP contribution in [-0.2, 0) is 0 Å². The number of hydrogen-bond acceptors (Lipinski definition) is 3. The molecule has 2 aromatic carbocycles. The quantitative estimate of drug-likeness (QED) is 0.655. The molecule has 0 radical (unpaired) electrons. The Morgan fingerprint density at radius 3 is 2.43 bits per heavy atom. The maximum atomic E-state index is 12.6. The largest absolute Gasteiger partial charge is 0.350 e. The summed E-state index contributed by atoms with van der Waals surface area (Å²) in [4.78, 5) is 27.0. The van der Waals surface area contributed by atoms with Gasteiger partial charge in [0.25, 0.3) is 11.8 Å². The average molecular weight is 345 g/mol. The lowest BCUT2D eigenvalue weighted by molar-refractivity contribution is 0.0926. The van der Waals surface area contributed by atoms with E-state index < -0.39 is 0 Å². The summed E-state index contributed by atoms with van der Waals surface area (Å²) in [6.07, 6.45) is 0. The van der Waals surface area contributed by atoms with Crippen molar-refractivity contribution in [3.05, 3.63) is 58.1 Å². The third-order valence-corrected chi connectivity index (χ3v) is 3.94. The van der Waals surface area contributed by atoms with Gasteiger partial charge in [0, 0.05) is 10.7 Å². The average Bonchev–Trinajstić information content (AvgIpc) is 2.71. The summed E-state index contributed by atoms with van der Waals surface area (Å²) in [6, 6.07) is 10.1. The molecule has 1 aliphatic rings. The molecule has 2 amide bonds.